The molecule has 0 saturated heterocycles. The molecule has 1 saturated carbocycles. The SMILES string of the molecule is CN(C)C(=O)CN(C)C(=O)[C@@H]1C[C@@H]1c1ccc(Br)cc1. The van der Waals surface area contributed by atoms with Crippen molar-refractivity contribution in [1.82, 2.24) is 9.80 Å². The summed E-state index contributed by atoms with van der Waals surface area (Å²) in [7, 11) is 5.09. The summed E-state index contributed by atoms with van der Waals surface area (Å²) in [6.07, 6.45) is 0.876. The first kappa shape index (κ1) is 15.0. The van der Waals surface area contributed by atoms with E-state index in [2.05, 4.69) is 15.9 Å². The third kappa shape index (κ3) is 3.39. The zero-order valence-electron chi connectivity index (χ0n) is 12.0. The molecule has 1 aromatic rings. The van der Waals surface area contributed by atoms with Crippen molar-refractivity contribution in [2.45, 2.75) is 12.3 Å². The van der Waals surface area contributed by atoms with E-state index < -0.39 is 0 Å². The zero-order valence-corrected chi connectivity index (χ0v) is 13.6. The molecular formula is C15H19BrN2O2. The molecule has 1 aromatic carbocycles. The van der Waals surface area contributed by atoms with Crippen molar-refractivity contribution in [3.05, 3.63) is 34.3 Å². The van der Waals surface area contributed by atoms with Crippen molar-refractivity contribution in [3.63, 3.8) is 0 Å². The van der Waals surface area contributed by atoms with Gasteiger partial charge >= 0.3 is 0 Å². The standard InChI is InChI=1S/C15H19BrN2O2/c1-17(2)14(19)9-18(3)15(20)13-8-12(13)10-4-6-11(16)7-5-10/h4-7,12-13H,8-9H2,1-3H3/t12-,13-/m1/s1. The Morgan fingerprint density at radius 2 is 1.80 bits per heavy atom. The second-order valence-corrected chi connectivity index (χ2v) is 6.40. The van der Waals surface area contributed by atoms with E-state index in [1.165, 1.54) is 15.4 Å². The first-order chi connectivity index (χ1) is 9.40. The lowest BCUT2D eigenvalue weighted by molar-refractivity contribution is -0.138. The van der Waals surface area contributed by atoms with Crippen molar-refractivity contribution in [2.24, 2.45) is 5.92 Å². The number of hydrogen-bond donors (Lipinski definition) is 0. The van der Waals surface area contributed by atoms with Gasteiger partial charge in [0, 0.05) is 31.5 Å². The summed E-state index contributed by atoms with van der Waals surface area (Å²) >= 11 is 3.41. The van der Waals surface area contributed by atoms with Gasteiger partial charge < -0.3 is 9.80 Å². The number of benzene rings is 1. The van der Waals surface area contributed by atoms with Crippen LogP contribution in [0.4, 0.5) is 0 Å². The molecule has 108 valence electrons. The van der Waals surface area contributed by atoms with E-state index in [0.717, 1.165) is 10.9 Å². The van der Waals surface area contributed by atoms with E-state index in [-0.39, 0.29) is 24.3 Å². The van der Waals surface area contributed by atoms with Gasteiger partial charge in [0.15, 0.2) is 0 Å². The molecule has 20 heavy (non-hydrogen) atoms. The van der Waals surface area contributed by atoms with Crippen LogP contribution in [0.2, 0.25) is 0 Å². The molecule has 1 aliphatic rings. The highest BCUT2D eigenvalue weighted by molar-refractivity contribution is 9.10. The van der Waals surface area contributed by atoms with Crippen LogP contribution in [0.15, 0.2) is 28.7 Å². The molecule has 0 spiro atoms. The molecule has 0 aromatic heterocycles. The number of amides is 2. The summed E-state index contributed by atoms with van der Waals surface area (Å²) < 4.78 is 1.04. The molecule has 0 heterocycles. The number of hydrogen-bond acceptors (Lipinski definition) is 2. The number of carbonyl (C=O) groups excluding carboxylic acids is 2. The lowest BCUT2D eigenvalue weighted by Crippen LogP contribution is -2.38. The average molecular weight is 339 g/mol. The van der Waals surface area contributed by atoms with E-state index in [9.17, 15) is 9.59 Å². The number of halogens is 1. The van der Waals surface area contributed by atoms with Crippen LogP contribution in [0.1, 0.15) is 17.9 Å². The maximum absolute atomic E-state index is 12.3. The maximum Gasteiger partial charge on any atom is 0.241 e. The van der Waals surface area contributed by atoms with Crippen LogP contribution in [0, 0.1) is 5.92 Å². The number of rotatable bonds is 4. The summed E-state index contributed by atoms with van der Waals surface area (Å²) in [5, 5.41) is 0. The molecule has 2 rings (SSSR count). The maximum atomic E-state index is 12.3. The molecule has 5 heteroatoms. The minimum Gasteiger partial charge on any atom is -0.347 e. The summed E-state index contributed by atoms with van der Waals surface area (Å²) in [6, 6.07) is 8.09. The van der Waals surface area contributed by atoms with Gasteiger partial charge in [0.1, 0.15) is 0 Å². The number of nitrogens with zero attached hydrogens (tertiary/aromatic N) is 2. The second-order valence-electron chi connectivity index (χ2n) is 5.48. The molecule has 4 nitrogen and oxygen atoms in total. The van der Waals surface area contributed by atoms with Crippen LogP contribution < -0.4 is 0 Å². The average Bonchev–Trinajstić information content (AvgIpc) is 3.18. The van der Waals surface area contributed by atoms with Crippen molar-refractivity contribution in [3.8, 4) is 0 Å². The highest BCUT2D eigenvalue weighted by Crippen LogP contribution is 2.48. The predicted molar refractivity (Wildman–Crippen MR) is 81.3 cm³/mol. The van der Waals surface area contributed by atoms with Crippen molar-refractivity contribution < 1.29 is 9.59 Å². The summed E-state index contributed by atoms with van der Waals surface area (Å²) in [5.74, 6) is 0.332. The molecule has 0 radical (unpaired) electrons. The quantitative estimate of drug-likeness (QED) is 0.843. The molecule has 0 bridgehead atoms. The van der Waals surface area contributed by atoms with Gasteiger partial charge in [-0.2, -0.15) is 0 Å². The first-order valence-electron chi connectivity index (χ1n) is 6.60. The fourth-order valence-electron chi connectivity index (χ4n) is 2.25. The third-order valence-electron chi connectivity index (χ3n) is 3.65. The van der Waals surface area contributed by atoms with Crippen LogP contribution in [-0.2, 0) is 9.59 Å². The molecule has 0 N–H and O–H groups in total. The zero-order chi connectivity index (χ0) is 14.9. The lowest BCUT2D eigenvalue weighted by Gasteiger charge is -2.19. The van der Waals surface area contributed by atoms with E-state index in [4.69, 9.17) is 0 Å². The predicted octanol–water partition coefficient (Wildman–Crippen LogP) is 2.10. The van der Waals surface area contributed by atoms with Crippen LogP contribution >= 0.6 is 15.9 Å². The van der Waals surface area contributed by atoms with E-state index >= 15 is 0 Å². The second kappa shape index (κ2) is 5.95. The van der Waals surface area contributed by atoms with Gasteiger partial charge in [0.25, 0.3) is 0 Å². The van der Waals surface area contributed by atoms with E-state index in [1.807, 2.05) is 24.3 Å². The molecule has 2 atom stereocenters. The van der Waals surface area contributed by atoms with Crippen LogP contribution in [-0.4, -0.2) is 49.3 Å². The molecule has 1 aliphatic carbocycles. The minimum atomic E-state index is -0.0540. The molecule has 0 aliphatic heterocycles. The Labute approximate surface area is 127 Å². The van der Waals surface area contributed by atoms with Crippen molar-refractivity contribution in [2.75, 3.05) is 27.7 Å². The van der Waals surface area contributed by atoms with Crippen molar-refractivity contribution in [1.29, 1.82) is 0 Å². The molecular weight excluding hydrogens is 320 g/mol. The van der Waals surface area contributed by atoms with E-state index in [1.54, 1.807) is 21.1 Å². The van der Waals surface area contributed by atoms with Gasteiger partial charge in [0.2, 0.25) is 11.8 Å². The third-order valence-corrected chi connectivity index (χ3v) is 4.18. The fraction of sp³-hybridized carbons (Fsp3) is 0.467. The van der Waals surface area contributed by atoms with Crippen LogP contribution in [0.25, 0.3) is 0 Å². The Balaban J connectivity index is 1.92. The normalized spacial score (nSPS) is 20.4. The summed E-state index contributed by atoms with van der Waals surface area (Å²) in [6.45, 7) is 0.148. The highest BCUT2D eigenvalue weighted by atomic mass is 79.9. The summed E-state index contributed by atoms with van der Waals surface area (Å²) in [4.78, 5) is 26.9. The Kier molecular flexibility index (Phi) is 4.48. The number of likely N-dealkylation sites (N-methyl/N-ethyl adjacent to an activating group) is 2. The van der Waals surface area contributed by atoms with Crippen LogP contribution in [0.5, 0.6) is 0 Å². The molecule has 1 fully saturated rings. The topological polar surface area (TPSA) is 40.6 Å². The largest absolute Gasteiger partial charge is 0.347 e. The summed E-state index contributed by atoms with van der Waals surface area (Å²) in [5.41, 5.74) is 1.19. The van der Waals surface area contributed by atoms with Gasteiger partial charge in [-0.05, 0) is 30.0 Å². The molecule has 0 unspecified atom stereocenters. The van der Waals surface area contributed by atoms with Gasteiger partial charge in [-0.25, -0.2) is 0 Å². The fourth-order valence-corrected chi connectivity index (χ4v) is 2.52. The van der Waals surface area contributed by atoms with Gasteiger partial charge in [-0.15, -0.1) is 0 Å². The monoisotopic (exact) mass is 338 g/mol. The Hall–Kier alpha value is -1.36. The minimum absolute atomic E-state index is 0.0242. The lowest BCUT2D eigenvalue weighted by atomic mass is 10.1. The van der Waals surface area contributed by atoms with Gasteiger partial charge in [-0.3, -0.25) is 9.59 Å². The van der Waals surface area contributed by atoms with E-state index in [0.29, 0.717) is 5.92 Å². The van der Waals surface area contributed by atoms with Crippen molar-refractivity contribution >= 4 is 27.7 Å². The Morgan fingerprint density at radius 1 is 1.20 bits per heavy atom. The Bertz CT molecular complexity index is 513. The van der Waals surface area contributed by atoms with Gasteiger partial charge in [0.05, 0.1) is 6.54 Å². The highest BCUT2D eigenvalue weighted by Gasteiger charge is 2.45. The van der Waals surface area contributed by atoms with Gasteiger partial charge in [-0.1, -0.05) is 28.1 Å². The Morgan fingerprint density at radius 3 is 2.35 bits per heavy atom. The smallest absolute Gasteiger partial charge is 0.241 e. The molecule has 2 amide bonds. The first-order valence-corrected chi connectivity index (χ1v) is 7.40. The number of carbonyl (C=O) groups is 2. The van der Waals surface area contributed by atoms with Crippen LogP contribution in [0.3, 0.4) is 0 Å².